The maximum atomic E-state index is 4.88. The smallest absolute Gasteiger partial charge is 0.0871 e. The first-order chi connectivity index (χ1) is 8.72. The van der Waals surface area contributed by atoms with Crippen molar-refractivity contribution in [1.29, 1.82) is 0 Å². The Hall–Kier alpha value is -0.360. The van der Waals surface area contributed by atoms with Crippen molar-refractivity contribution in [1.82, 2.24) is 4.98 Å². The molecule has 1 aliphatic carbocycles. The summed E-state index contributed by atoms with van der Waals surface area (Å²) in [6.45, 7) is 3.10. The van der Waals surface area contributed by atoms with Gasteiger partial charge in [0, 0.05) is 31.4 Å². The van der Waals surface area contributed by atoms with Crippen molar-refractivity contribution in [3.63, 3.8) is 0 Å². The van der Waals surface area contributed by atoms with Gasteiger partial charge >= 0.3 is 0 Å². The van der Waals surface area contributed by atoms with Gasteiger partial charge in [-0.1, -0.05) is 15.9 Å². The van der Waals surface area contributed by atoms with Crippen molar-refractivity contribution in [2.75, 3.05) is 11.9 Å². The minimum absolute atomic E-state index is 0.948. The lowest BCUT2D eigenvalue weighted by Gasteiger charge is -2.15. The van der Waals surface area contributed by atoms with Crippen LogP contribution in [0.1, 0.15) is 24.6 Å². The van der Waals surface area contributed by atoms with Crippen LogP contribution in [-0.4, -0.2) is 11.5 Å². The fraction of sp³-hybridized carbons (Fsp3) is 0.357. The highest BCUT2D eigenvalue weighted by Gasteiger charge is 2.21. The van der Waals surface area contributed by atoms with E-state index in [0.29, 0.717) is 0 Å². The second-order valence-corrected chi connectivity index (χ2v) is 6.57. The molecule has 1 N–H and O–H groups in total. The summed E-state index contributed by atoms with van der Waals surface area (Å²) in [5.74, 6) is 0. The number of anilines is 1. The van der Waals surface area contributed by atoms with Gasteiger partial charge in [0.15, 0.2) is 0 Å². The molecule has 2 aromatic rings. The molecule has 0 atom stereocenters. The standard InChI is InChI=1S/C14H14BrIN2/c1-2-17-13-8-4-3-5-11(8)18-14-10(16)7-6-9(15)12(13)14/h6-7H,2-5H2,1H3,(H,17,18). The van der Waals surface area contributed by atoms with E-state index >= 15 is 0 Å². The van der Waals surface area contributed by atoms with Gasteiger partial charge in [-0.25, -0.2) is 0 Å². The lowest BCUT2D eigenvalue weighted by Crippen LogP contribution is -2.04. The number of hydrogen-bond donors (Lipinski definition) is 1. The molecule has 0 unspecified atom stereocenters. The number of fused-ring (bicyclic) bond motifs is 2. The molecule has 0 aliphatic heterocycles. The summed E-state index contributed by atoms with van der Waals surface area (Å²) < 4.78 is 2.36. The molecule has 94 valence electrons. The van der Waals surface area contributed by atoms with Gasteiger partial charge < -0.3 is 5.32 Å². The molecule has 18 heavy (non-hydrogen) atoms. The topological polar surface area (TPSA) is 24.9 Å². The van der Waals surface area contributed by atoms with Crippen molar-refractivity contribution in [3.8, 4) is 0 Å². The Morgan fingerprint density at radius 3 is 3.00 bits per heavy atom. The van der Waals surface area contributed by atoms with Gasteiger partial charge in [-0.2, -0.15) is 0 Å². The van der Waals surface area contributed by atoms with E-state index in [2.05, 4.69) is 62.9 Å². The second-order valence-electron chi connectivity index (χ2n) is 4.55. The monoisotopic (exact) mass is 416 g/mol. The van der Waals surface area contributed by atoms with Crippen LogP contribution in [0, 0.1) is 3.57 Å². The summed E-state index contributed by atoms with van der Waals surface area (Å²) in [5, 5.41) is 4.79. The van der Waals surface area contributed by atoms with Gasteiger partial charge in [0.1, 0.15) is 0 Å². The van der Waals surface area contributed by atoms with E-state index in [1.807, 2.05) is 0 Å². The van der Waals surface area contributed by atoms with Crippen LogP contribution in [0.4, 0.5) is 5.69 Å². The Kier molecular flexibility index (Phi) is 3.49. The van der Waals surface area contributed by atoms with Crippen LogP contribution < -0.4 is 5.32 Å². The van der Waals surface area contributed by atoms with E-state index in [4.69, 9.17) is 4.98 Å². The lowest BCUT2D eigenvalue weighted by atomic mass is 10.1. The molecule has 3 rings (SSSR count). The maximum Gasteiger partial charge on any atom is 0.0871 e. The number of aryl methyl sites for hydroxylation is 1. The zero-order valence-corrected chi connectivity index (χ0v) is 13.9. The fourth-order valence-corrected chi connectivity index (χ4v) is 3.75. The van der Waals surface area contributed by atoms with Gasteiger partial charge in [-0.15, -0.1) is 0 Å². The van der Waals surface area contributed by atoms with E-state index in [1.165, 1.54) is 32.3 Å². The molecule has 1 aliphatic rings. The fourth-order valence-electron chi connectivity index (χ4n) is 2.67. The summed E-state index contributed by atoms with van der Waals surface area (Å²) in [6, 6.07) is 4.24. The number of pyridine rings is 1. The molecule has 1 heterocycles. The molecule has 1 aromatic heterocycles. The first-order valence-electron chi connectivity index (χ1n) is 6.25. The molecule has 0 saturated heterocycles. The molecule has 1 aromatic carbocycles. The zero-order chi connectivity index (χ0) is 12.7. The normalized spacial score (nSPS) is 13.9. The van der Waals surface area contributed by atoms with E-state index in [-0.39, 0.29) is 0 Å². The third-order valence-corrected chi connectivity index (χ3v) is 4.95. The van der Waals surface area contributed by atoms with Gasteiger partial charge in [-0.05, 0) is 66.5 Å². The van der Waals surface area contributed by atoms with E-state index in [0.717, 1.165) is 29.4 Å². The summed E-state index contributed by atoms with van der Waals surface area (Å²) in [5.41, 5.74) is 5.13. The number of aromatic nitrogens is 1. The summed E-state index contributed by atoms with van der Waals surface area (Å²) in [4.78, 5) is 4.88. The number of hydrogen-bond acceptors (Lipinski definition) is 2. The number of benzene rings is 1. The Balaban J connectivity index is 2.42. The molecule has 0 amide bonds. The van der Waals surface area contributed by atoms with Crippen LogP contribution in [0.3, 0.4) is 0 Å². The third kappa shape index (κ3) is 1.93. The molecule has 0 saturated carbocycles. The largest absolute Gasteiger partial charge is 0.384 e. The SMILES string of the molecule is CCNc1c2c(nc3c(I)ccc(Br)c13)CCC2. The van der Waals surface area contributed by atoms with E-state index in [1.54, 1.807) is 0 Å². The van der Waals surface area contributed by atoms with E-state index in [9.17, 15) is 0 Å². The first-order valence-corrected chi connectivity index (χ1v) is 8.13. The van der Waals surface area contributed by atoms with Crippen molar-refractivity contribution in [3.05, 3.63) is 31.4 Å². The Labute approximate surface area is 129 Å². The minimum Gasteiger partial charge on any atom is -0.384 e. The van der Waals surface area contributed by atoms with Crippen LogP contribution in [0.5, 0.6) is 0 Å². The maximum absolute atomic E-state index is 4.88. The van der Waals surface area contributed by atoms with Crippen molar-refractivity contribution < 1.29 is 0 Å². The molecular weight excluding hydrogens is 403 g/mol. The zero-order valence-electron chi connectivity index (χ0n) is 10.2. The van der Waals surface area contributed by atoms with Crippen LogP contribution >= 0.6 is 38.5 Å². The van der Waals surface area contributed by atoms with Crippen molar-refractivity contribution >= 4 is 55.1 Å². The highest BCUT2D eigenvalue weighted by molar-refractivity contribution is 14.1. The number of nitrogens with zero attached hydrogens (tertiary/aromatic N) is 1. The summed E-state index contributed by atoms with van der Waals surface area (Å²) in [6.07, 6.45) is 3.50. The first kappa shape index (κ1) is 12.7. The number of rotatable bonds is 2. The van der Waals surface area contributed by atoms with Crippen molar-refractivity contribution in [2.45, 2.75) is 26.2 Å². The van der Waals surface area contributed by atoms with Gasteiger partial charge in [0.05, 0.1) is 5.52 Å². The Morgan fingerprint density at radius 1 is 1.39 bits per heavy atom. The summed E-state index contributed by atoms with van der Waals surface area (Å²) in [7, 11) is 0. The van der Waals surface area contributed by atoms with Gasteiger partial charge in [-0.3, -0.25) is 4.98 Å². The Bertz CT molecular complexity index is 625. The second kappa shape index (κ2) is 4.96. The third-order valence-electron chi connectivity index (χ3n) is 3.42. The van der Waals surface area contributed by atoms with Gasteiger partial charge in [0.2, 0.25) is 0 Å². The molecule has 0 bridgehead atoms. The predicted molar refractivity (Wildman–Crippen MR) is 88.3 cm³/mol. The molecule has 2 nitrogen and oxygen atoms in total. The average molecular weight is 417 g/mol. The molecule has 0 spiro atoms. The molecule has 0 fully saturated rings. The van der Waals surface area contributed by atoms with Gasteiger partial charge in [0.25, 0.3) is 0 Å². The van der Waals surface area contributed by atoms with Crippen LogP contribution in [0.2, 0.25) is 0 Å². The highest BCUT2D eigenvalue weighted by Crippen LogP contribution is 2.39. The lowest BCUT2D eigenvalue weighted by molar-refractivity contribution is 0.901. The summed E-state index contributed by atoms with van der Waals surface area (Å²) >= 11 is 6.05. The molecular formula is C14H14BrIN2. The van der Waals surface area contributed by atoms with Crippen LogP contribution in [-0.2, 0) is 12.8 Å². The number of nitrogens with one attached hydrogen (secondary N) is 1. The van der Waals surface area contributed by atoms with E-state index < -0.39 is 0 Å². The Morgan fingerprint density at radius 2 is 2.22 bits per heavy atom. The van der Waals surface area contributed by atoms with Crippen molar-refractivity contribution in [2.24, 2.45) is 0 Å². The van der Waals surface area contributed by atoms with Crippen LogP contribution in [0.25, 0.3) is 10.9 Å². The van der Waals surface area contributed by atoms with Crippen LogP contribution in [0.15, 0.2) is 16.6 Å². The average Bonchev–Trinajstić information content (AvgIpc) is 2.82. The minimum atomic E-state index is 0.948. The molecule has 0 radical (unpaired) electrons. The molecule has 4 heteroatoms. The highest BCUT2D eigenvalue weighted by atomic mass is 127. The number of halogens is 2. The quantitative estimate of drug-likeness (QED) is 0.728. The predicted octanol–water partition coefficient (Wildman–Crippen LogP) is 4.52.